The summed E-state index contributed by atoms with van der Waals surface area (Å²) in [5.41, 5.74) is 1.02. The van der Waals surface area contributed by atoms with Gasteiger partial charge < -0.3 is 9.47 Å². The molecule has 0 radical (unpaired) electrons. The zero-order valence-corrected chi connectivity index (χ0v) is 10.1. The number of halogens is 2. The molecule has 0 amide bonds. The van der Waals surface area contributed by atoms with Gasteiger partial charge in [-0.05, 0) is 18.6 Å². The van der Waals surface area contributed by atoms with Crippen LogP contribution >= 0.6 is 27.5 Å². The SMILES string of the molecule is CC1COc2cc(Cl)c(CBr)cc2O1. The molecule has 0 saturated heterocycles. The molecule has 1 unspecified atom stereocenters. The van der Waals surface area contributed by atoms with Crippen molar-refractivity contribution >= 4 is 27.5 Å². The number of fused-ring (bicyclic) bond motifs is 1. The van der Waals surface area contributed by atoms with Crippen LogP contribution in [0.4, 0.5) is 0 Å². The predicted octanol–water partition coefficient (Wildman–Crippen LogP) is 3.39. The highest BCUT2D eigenvalue weighted by molar-refractivity contribution is 9.08. The lowest BCUT2D eigenvalue weighted by molar-refractivity contribution is 0.104. The first kappa shape index (κ1) is 10.1. The lowest BCUT2D eigenvalue weighted by Gasteiger charge is -2.24. The second-order valence-corrected chi connectivity index (χ2v) is 4.23. The minimum atomic E-state index is 0.104. The maximum atomic E-state index is 6.03. The molecule has 1 atom stereocenters. The van der Waals surface area contributed by atoms with Gasteiger partial charge in [-0.1, -0.05) is 27.5 Å². The van der Waals surface area contributed by atoms with Crippen LogP contribution in [-0.4, -0.2) is 12.7 Å². The van der Waals surface area contributed by atoms with Crippen LogP contribution < -0.4 is 9.47 Å². The highest BCUT2D eigenvalue weighted by atomic mass is 79.9. The molecule has 0 N–H and O–H groups in total. The van der Waals surface area contributed by atoms with E-state index in [4.69, 9.17) is 21.1 Å². The van der Waals surface area contributed by atoms with E-state index in [1.165, 1.54) is 0 Å². The Kier molecular flexibility index (Phi) is 2.88. The third-order valence-corrected chi connectivity index (χ3v) is 3.01. The van der Waals surface area contributed by atoms with Gasteiger partial charge in [0, 0.05) is 16.4 Å². The summed E-state index contributed by atoms with van der Waals surface area (Å²) in [6.45, 7) is 2.56. The molecule has 1 aliphatic rings. The van der Waals surface area contributed by atoms with Crippen LogP contribution in [0.2, 0.25) is 5.02 Å². The number of hydrogen-bond acceptors (Lipinski definition) is 2. The van der Waals surface area contributed by atoms with Gasteiger partial charge in [0.05, 0.1) is 0 Å². The molecule has 1 aliphatic heterocycles. The van der Waals surface area contributed by atoms with Gasteiger partial charge in [0.15, 0.2) is 11.5 Å². The Labute approximate surface area is 96.3 Å². The molecule has 4 heteroatoms. The van der Waals surface area contributed by atoms with Crippen molar-refractivity contribution < 1.29 is 9.47 Å². The maximum absolute atomic E-state index is 6.03. The average molecular weight is 278 g/mol. The molecule has 0 spiro atoms. The summed E-state index contributed by atoms with van der Waals surface area (Å²) in [5.74, 6) is 1.51. The number of hydrogen-bond donors (Lipinski definition) is 0. The smallest absolute Gasteiger partial charge is 0.162 e. The normalized spacial score (nSPS) is 19.5. The molecule has 2 nitrogen and oxygen atoms in total. The zero-order valence-electron chi connectivity index (χ0n) is 7.72. The second-order valence-electron chi connectivity index (χ2n) is 3.26. The summed E-state index contributed by atoms with van der Waals surface area (Å²) in [7, 11) is 0. The molecule has 0 bridgehead atoms. The fourth-order valence-electron chi connectivity index (χ4n) is 1.34. The first-order chi connectivity index (χ1) is 6.70. The van der Waals surface area contributed by atoms with Gasteiger partial charge in [-0.25, -0.2) is 0 Å². The van der Waals surface area contributed by atoms with Crippen LogP contribution in [-0.2, 0) is 5.33 Å². The van der Waals surface area contributed by atoms with Gasteiger partial charge in [0.2, 0.25) is 0 Å². The standard InChI is InChI=1S/C10H10BrClO2/c1-6-5-13-9-3-8(12)7(4-11)2-10(9)14-6/h2-3,6H,4-5H2,1H3. The molecular weight excluding hydrogens is 267 g/mol. The molecule has 1 aromatic rings. The molecule has 0 saturated carbocycles. The summed E-state index contributed by atoms with van der Waals surface area (Å²) >= 11 is 9.40. The summed E-state index contributed by atoms with van der Waals surface area (Å²) in [4.78, 5) is 0. The molecule has 14 heavy (non-hydrogen) atoms. The summed E-state index contributed by atoms with van der Waals surface area (Å²) in [5, 5.41) is 1.43. The third-order valence-electron chi connectivity index (χ3n) is 2.06. The van der Waals surface area contributed by atoms with Crippen molar-refractivity contribution in [1.29, 1.82) is 0 Å². The van der Waals surface area contributed by atoms with Gasteiger partial charge in [0.25, 0.3) is 0 Å². The van der Waals surface area contributed by atoms with E-state index in [1.54, 1.807) is 6.07 Å². The van der Waals surface area contributed by atoms with Crippen molar-refractivity contribution in [3.63, 3.8) is 0 Å². The van der Waals surface area contributed by atoms with Crippen LogP contribution in [0.3, 0.4) is 0 Å². The fraction of sp³-hybridized carbons (Fsp3) is 0.400. The van der Waals surface area contributed by atoms with E-state index < -0.39 is 0 Å². The van der Waals surface area contributed by atoms with Crippen LogP contribution in [0.1, 0.15) is 12.5 Å². The zero-order chi connectivity index (χ0) is 10.1. The highest BCUT2D eigenvalue weighted by Gasteiger charge is 2.18. The van der Waals surface area contributed by atoms with Crippen molar-refractivity contribution in [2.45, 2.75) is 18.4 Å². The van der Waals surface area contributed by atoms with E-state index in [-0.39, 0.29) is 6.10 Å². The lowest BCUT2D eigenvalue weighted by atomic mass is 10.2. The van der Waals surface area contributed by atoms with E-state index in [1.807, 2.05) is 13.0 Å². The van der Waals surface area contributed by atoms with Crippen molar-refractivity contribution in [1.82, 2.24) is 0 Å². The Morgan fingerprint density at radius 3 is 3.00 bits per heavy atom. The van der Waals surface area contributed by atoms with E-state index in [2.05, 4.69) is 15.9 Å². The molecule has 0 aromatic heterocycles. The van der Waals surface area contributed by atoms with Gasteiger partial charge in [-0.2, -0.15) is 0 Å². The average Bonchev–Trinajstić information content (AvgIpc) is 2.17. The molecule has 76 valence electrons. The molecular formula is C10H10BrClO2. The van der Waals surface area contributed by atoms with Gasteiger partial charge in [-0.3, -0.25) is 0 Å². The van der Waals surface area contributed by atoms with Crippen LogP contribution in [0.15, 0.2) is 12.1 Å². The Morgan fingerprint density at radius 1 is 1.50 bits per heavy atom. The number of benzene rings is 1. The Bertz CT molecular complexity index is 354. The Morgan fingerprint density at radius 2 is 2.29 bits per heavy atom. The van der Waals surface area contributed by atoms with Crippen molar-refractivity contribution in [3.8, 4) is 11.5 Å². The third kappa shape index (κ3) is 1.84. The molecule has 1 heterocycles. The van der Waals surface area contributed by atoms with Crippen LogP contribution in [0.25, 0.3) is 0 Å². The molecule has 2 rings (SSSR count). The molecule has 1 aromatic carbocycles. The van der Waals surface area contributed by atoms with Gasteiger partial charge >= 0.3 is 0 Å². The summed E-state index contributed by atoms with van der Waals surface area (Å²) in [6.07, 6.45) is 0.104. The highest BCUT2D eigenvalue weighted by Crippen LogP contribution is 2.37. The number of ether oxygens (including phenoxy) is 2. The van der Waals surface area contributed by atoms with E-state index in [0.29, 0.717) is 11.6 Å². The maximum Gasteiger partial charge on any atom is 0.162 e. The van der Waals surface area contributed by atoms with Crippen molar-refractivity contribution in [2.75, 3.05) is 6.61 Å². The minimum absolute atomic E-state index is 0.104. The monoisotopic (exact) mass is 276 g/mol. The lowest BCUT2D eigenvalue weighted by Crippen LogP contribution is -2.25. The van der Waals surface area contributed by atoms with Crippen molar-refractivity contribution in [2.24, 2.45) is 0 Å². The second kappa shape index (κ2) is 3.99. The van der Waals surface area contributed by atoms with E-state index >= 15 is 0 Å². The van der Waals surface area contributed by atoms with Gasteiger partial charge in [0.1, 0.15) is 12.7 Å². The number of alkyl halides is 1. The minimum Gasteiger partial charge on any atom is -0.486 e. The van der Waals surface area contributed by atoms with E-state index in [0.717, 1.165) is 22.4 Å². The fourth-order valence-corrected chi connectivity index (χ4v) is 2.19. The first-order valence-corrected chi connectivity index (χ1v) is 5.88. The Hall–Kier alpha value is -0.410. The molecule has 0 fully saturated rings. The van der Waals surface area contributed by atoms with E-state index in [9.17, 15) is 0 Å². The first-order valence-electron chi connectivity index (χ1n) is 4.38. The number of rotatable bonds is 1. The Balaban J connectivity index is 2.41. The van der Waals surface area contributed by atoms with Gasteiger partial charge in [-0.15, -0.1) is 0 Å². The largest absolute Gasteiger partial charge is 0.486 e. The molecule has 0 aliphatic carbocycles. The summed E-state index contributed by atoms with van der Waals surface area (Å²) in [6, 6.07) is 3.72. The van der Waals surface area contributed by atoms with Crippen LogP contribution in [0, 0.1) is 0 Å². The topological polar surface area (TPSA) is 18.5 Å². The van der Waals surface area contributed by atoms with Crippen molar-refractivity contribution in [3.05, 3.63) is 22.7 Å². The quantitative estimate of drug-likeness (QED) is 0.733. The summed E-state index contributed by atoms with van der Waals surface area (Å²) < 4.78 is 11.1. The predicted molar refractivity (Wildman–Crippen MR) is 59.7 cm³/mol. The van der Waals surface area contributed by atoms with Crippen LogP contribution in [0.5, 0.6) is 11.5 Å².